The van der Waals surface area contributed by atoms with Gasteiger partial charge in [-0.2, -0.15) is 0 Å². The Hall–Kier alpha value is -1.84. The number of hydrogen-bond acceptors (Lipinski definition) is 2. The standard InChI is InChI=1S/C14H19NO3/c1-9(2)10(3)14(18)15-12-6-4-11(5-7-12)8-13(16)17/h4-7,9-10H,8H2,1-3H3,(H,15,18)(H,16,17). The van der Waals surface area contributed by atoms with E-state index in [0.717, 1.165) is 5.56 Å². The van der Waals surface area contributed by atoms with Gasteiger partial charge in [0, 0.05) is 11.6 Å². The summed E-state index contributed by atoms with van der Waals surface area (Å²) in [6, 6.07) is 6.87. The van der Waals surface area contributed by atoms with Gasteiger partial charge in [0.05, 0.1) is 6.42 Å². The molecule has 0 aliphatic rings. The second kappa shape index (κ2) is 6.19. The zero-order valence-electron chi connectivity index (χ0n) is 10.9. The minimum Gasteiger partial charge on any atom is -0.481 e. The highest BCUT2D eigenvalue weighted by atomic mass is 16.4. The molecular formula is C14H19NO3. The van der Waals surface area contributed by atoms with E-state index in [0.29, 0.717) is 5.69 Å². The lowest BCUT2D eigenvalue weighted by atomic mass is 9.97. The van der Waals surface area contributed by atoms with Crippen LogP contribution in [0.1, 0.15) is 26.3 Å². The fourth-order valence-corrected chi connectivity index (χ4v) is 1.44. The molecule has 1 aromatic carbocycles. The van der Waals surface area contributed by atoms with Gasteiger partial charge in [-0.25, -0.2) is 0 Å². The van der Waals surface area contributed by atoms with Gasteiger partial charge in [0.15, 0.2) is 0 Å². The molecule has 1 rings (SSSR count). The summed E-state index contributed by atoms with van der Waals surface area (Å²) in [7, 11) is 0. The number of carbonyl (C=O) groups excluding carboxylic acids is 1. The topological polar surface area (TPSA) is 66.4 Å². The van der Waals surface area contributed by atoms with Crippen LogP contribution in [0.3, 0.4) is 0 Å². The first-order valence-electron chi connectivity index (χ1n) is 6.01. The van der Waals surface area contributed by atoms with E-state index in [-0.39, 0.29) is 24.2 Å². The maximum atomic E-state index is 11.8. The van der Waals surface area contributed by atoms with Crippen LogP contribution in [-0.4, -0.2) is 17.0 Å². The van der Waals surface area contributed by atoms with Gasteiger partial charge in [-0.05, 0) is 23.6 Å². The fourth-order valence-electron chi connectivity index (χ4n) is 1.44. The smallest absolute Gasteiger partial charge is 0.307 e. The Morgan fingerprint density at radius 3 is 2.17 bits per heavy atom. The highest BCUT2D eigenvalue weighted by molar-refractivity contribution is 5.92. The van der Waals surface area contributed by atoms with Gasteiger partial charge in [-0.3, -0.25) is 9.59 Å². The summed E-state index contributed by atoms with van der Waals surface area (Å²) >= 11 is 0. The number of carbonyl (C=O) groups is 2. The van der Waals surface area contributed by atoms with Gasteiger partial charge in [-0.15, -0.1) is 0 Å². The molecule has 1 amide bonds. The molecule has 0 aromatic heterocycles. The minimum absolute atomic E-state index is 0.00335. The average molecular weight is 249 g/mol. The molecule has 4 nitrogen and oxygen atoms in total. The molecule has 1 atom stereocenters. The van der Waals surface area contributed by atoms with Crippen LogP contribution in [0.15, 0.2) is 24.3 Å². The normalized spacial score (nSPS) is 12.2. The second-order valence-corrected chi connectivity index (χ2v) is 4.79. The van der Waals surface area contributed by atoms with E-state index in [2.05, 4.69) is 5.32 Å². The zero-order valence-corrected chi connectivity index (χ0v) is 10.9. The van der Waals surface area contributed by atoms with Gasteiger partial charge in [0.25, 0.3) is 0 Å². The summed E-state index contributed by atoms with van der Waals surface area (Å²) in [4.78, 5) is 22.3. The van der Waals surface area contributed by atoms with E-state index in [1.165, 1.54) is 0 Å². The molecule has 18 heavy (non-hydrogen) atoms. The number of rotatable bonds is 5. The van der Waals surface area contributed by atoms with E-state index in [9.17, 15) is 9.59 Å². The molecule has 0 bridgehead atoms. The molecule has 0 radical (unpaired) electrons. The van der Waals surface area contributed by atoms with Crippen molar-refractivity contribution in [2.45, 2.75) is 27.2 Å². The van der Waals surface area contributed by atoms with Crippen LogP contribution >= 0.6 is 0 Å². The largest absolute Gasteiger partial charge is 0.481 e. The van der Waals surface area contributed by atoms with Crippen molar-refractivity contribution in [1.29, 1.82) is 0 Å². The van der Waals surface area contributed by atoms with E-state index < -0.39 is 5.97 Å². The number of aliphatic carboxylic acids is 1. The molecule has 0 aliphatic carbocycles. The van der Waals surface area contributed by atoms with Gasteiger partial charge in [0.2, 0.25) is 5.91 Å². The molecule has 4 heteroatoms. The van der Waals surface area contributed by atoms with Crippen LogP contribution in [0.4, 0.5) is 5.69 Å². The second-order valence-electron chi connectivity index (χ2n) is 4.79. The third kappa shape index (κ3) is 4.20. The van der Waals surface area contributed by atoms with Crippen LogP contribution in [0.25, 0.3) is 0 Å². The third-order valence-electron chi connectivity index (χ3n) is 2.99. The number of nitrogens with one attached hydrogen (secondary N) is 1. The quantitative estimate of drug-likeness (QED) is 0.842. The van der Waals surface area contributed by atoms with Crippen molar-refractivity contribution in [2.75, 3.05) is 5.32 Å². The van der Waals surface area contributed by atoms with Crippen molar-refractivity contribution in [2.24, 2.45) is 11.8 Å². The lowest BCUT2D eigenvalue weighted by Crippen LogP contribution is -2.24. The predicted octanol–water partition coefficient (Wildman–Crippen LogP) is 2.54. The lowest BCUT2D eigenvalue weighted by Gasteiger charge is -2.15. The maximum absolute atomic E-state index is 11.8. The van der Waals surface area contributed by atoms with Gasteiger partial charge in [-0.1, -0.05) is 32.9 Å². The maximum Gasteiger partial charge on any atom is 0.307 e. The molecule has 0 spiro atoms. The molecule has 0 fully saturated rings. The number of hydrogen-bond donors (Lipinski definition) is 2. The summed E-state index contributed by atoms with van der Waals surface area (Å²) in [5.41, 5.74) is 1.42. The first-order valence-corrected chi connectivity index (χ1v) is 6.01. The average Bonchev–Trinajstić information content (AvgIpc) is 2.29. The molecular weight excluding hydrogens is 230 g/mol. The van der Waals surface area contributed by atoms with Gasteiger partial charge in [0.1, 0.15) is 0 Å². The zero-order chi connectivity index (χ0) is 13.7. The number of carboxylic acids is 1. The highest BCUT2D eigenvalue weighted by Crippen LogP contribution is 2.15. The Bertz CT molecular complexity index is 423. The molecule has 0 heterocycles. The molecule has 2 N–H and O–H groups in total. The number of anilines is 1. The summed E-state index contributed by atoms with van der Waals surface area (Å²) in [5.74, 6) is -0.642. The van der Waals surface area contributed by atoms with E-state index in [1.807, 2.05) is 20.8 Å². The van der Waals surface area contributed by atoms with Crippen molar-refractivity contribution in [1.82, 2.24) is 0 Å². The van der Waals surface area contributed by atoms with Crippen molar-refractivity contribution < 1.29 is 14.7 Å². The van der Waals surface area contributed by atoms with Crippen LogP contribution in [0, 0.1) is 11.8 Å². The summed E-state index contributed by atoms with van der Waals surface area (Å²) in [5, 5.41) is 11.5. The number of amides is 1. The lowest BCUT2D eigenvalue weighted by molar-refractivity contribution is -0.136. The summed E-state index contributed by atoms with van der Waals surface area (Å²) in [6.07, 6.45) is -0.00335. The van der Waals surface area contributed by atoms with Crippen LogP contribution in [0.5, 0.6) is 0 Å². The summed E-state index contributed by atoms with van der Waals surface area (Å²) in [6.45, 7) is 5.89. The first kappa shape index (κ1) is 14.2. The van der Waals surface area contributed by atoms with Gasteiger partial charge < -0.3 is 10.4 Å². The SMILES string of the molecule is CC(C)C(C)C(=O)Nc1ccc(CC(=O)O)cc1. The Morgan fingerprint density at radius 1 is 1.17 bits per heavy atom. The van der Waals surface area contributed by atoms with E-state index >= 15 is 0 Å². The molecule has 1 unspecified atom stereocenters. The summed E-state index contributed by atoms with van der Waals surface area (Å²) < 4.78 is 0. The van der Waals surface area contributed by atoms with Crippen molar-refractivity contribution in [3.05, 3.63) is 29.8 Å². The van der Waals surface area contributed by atoms with Crippen LogP contribution in [0.2, 0.25) is 0 Å². The van der Waals surface area contributed by atoms with Crippen molar-refractivity contribution in [3.63, 3.8) is 0 Å². The van der Waals surface area contributed by atoms with Crippen molar-refractivity contribution >= 4 is 17.6 Å². The van der Waals surface area contributed by atoms with Crippen LogP contribution < -0.4 is 5.32 Å². The minimum atomic E-state index is -0.861. The molecule has 0 saturated carbocycles. The number of carboxylic acid groups (broad SMARTS) is 1. The van der Waals surface area contributed by atoms with Crippen LogP contribution in [-0.2, 0) is 16.0 Å². The molecule has 0 saturated heterocycles. The molecule has 0 aliphatic heterocycles. The third-order valence-corrected chi connectivity index (χ3v) is 2.99. The Kier molecular flexibility index (Phi) is 4.89. The highest BCUT2D eigenvalue weighted by Gasteiger charge is 2.16. The fraction of sp³-hybridized carbons (Fsp3) is 0.429. The predicted molar refractivity (Wildman–Crippen MR) is 70.4 cm³/mol. The van der Waals surface area contributed by atoms with E-state index in [1.54, 1.807) is 24.3 Å². The Balaban J connectivity index is 2.63. The van der Waals surface area contributed by atoms with Gasteiger partial charge >= 0.3 is 5.97 Å². The Morgan fingerprint density at radius 2 is 1.72 bits per heavy atom. The van der Waals surface area contributed by atoms with Crippen molar-refractivity contribution in [3.8, 4) is 0 Å². The Labute approximate surface area is 107 Å². The van der Waals surface area contributed by atoms with E-state index in [4.69, 9.17) is 5.11 Å². The number of benzene rings is 1. The molecule has 1 aromatic rings. The first-order chi connectivity index (χ1) is 8.40. The monoisotopic (exact) mass is 249 g/mol. The molecule has 98 valence electrons.